The van der Waals surface area contributed by atoms with Crippen LogP contribution in [0.2, 0.25) is 0 Å². The molecule has 0 aliphatic carbocycles. The van der Waals surface area contributed by atoms with E-state index in [1.807, 2.05) is 34.9 Å². The third kappa shape index (κ3) is 18.0. The van der Waals surface area contributed by atoms with Gasteiger partial charge in [0, 0.05) is 6.42 Å². The molecule has 33 heteroatoms. The molecule has 0 aliphatic heterocycles. The van der Waals surface area contributed by atoms with Crippen LogP contribution in [0, 0.1) is 5.92 Å². The van der Waals surface area contributed by atoms with E-state index >= 15 is 0 Å². The zero-order valence-corrected chi connectivity index (χ0v) is 35.9. The van der Waals surface area contributed by atoms with E-state index in [-0.39, 0.29) is 69.6 Å². The van der Waals surface area contributed by atoms with Gasteiger partial charge in [-0.1, -0.05) is 42.9 Å². The third-order valence-electron chi connectivity index (χ3n) is 4.33. The first-order valence-electron chi connectivity index (χ1n) is 11.7. The maximum Gasteiger partial charge on any atom is 1.00 e. The first-order valence-corrected chi connectivity index (χ1v) is 20.3. The molecule has 0 amide bonds. The van der Waals surface area contributed by atoms with E-state index in [9.17, 15) is 91.2 Å². The van der Waals surface area contributed by atoms with Gasteiger partial charge in [-0.05, 0) is 10.3 Å². The number of sulfonamides is 4. The van der Waals surface area contributed by atoms with Gasteiger partial charge in [-0.2, -0.15) is 63.9 Å². The molecular weight excluding hydrogens is 1060 g/mol. The number of aromatic nitrogens is 2. The smallest absolute Gasteiger partial charge is 0.421 e. The van der Waals surface area contributed by atoms with Crippen LogP contribution >= 0.6 is 45.2 Å². The molecule has 2 radical (unpaired) electrons. The minimum atomic E-state index is -6.73. The summed E-state index contributed by atoms with van der Waals surface area (Å²) in [6.07, 6.45) is 6.40. The summed E-state index contributed by atoms with van der Waals surface area (Å²) in [7, 11) is -25.1. The molecular formula is C17H22BF12I2KN4O9S4. The standard InChI is InChI=1S/C10H17N2O.C5H5BF6I2NO4S2.C2F6NO4S2.K/c1-9(2)6-10(13)7-12-5-4-11(3)8-12;7-4(8,9)20(16,17)15(6-3(14)1-2-13)21(18,19)5(10,11)12;3-1(4,5)14(10,11)9-15(12,13)2(6,7)8;/h4-5,8-9H,6-7H2,1-3H3;3H,1-2H2;;/q+1;2*-1;+1. The van der Waals surface area contributed by atoms with Gasteiger partial charge in [-0.15, -0.1) is 22.6 Å². The van der Waals surface area contributed by atoms with Crippen LogP contribution in [0.1, 0.15) is 26.7 Å². The Morgan fingerprint density at radius 3 is 1.46 bits per heavy atom. The second-order valence-electron chi connectivity index (χ2n) is 9.07. The van der Waals surface area contributed by atoms with Crippen LogP contribution in [-0.4, -0.2) is 85.3 Å². The first kappa shape index (κ1) is 55.3. The van der Waals surface area contributed by atoms with Crippen LogP contribution in [0.4, 0.5) is 52.7 Å². The van der Waals surface area contributed by atoms with Crippen LogP contribution in [0.15, 0.2) is 18.7 Å². The number of rotatable bonds is 12. The van der Waals surface area contributed by atoms with Crippen molar-refractivity contribution in [3.05, 3.63) is 22.8 Å². The number of alkyl halides is 14. The molecule has 0 bridgehead atoms. The number of ketones is 1. The molecule has 50 heavy (non-hydrogen) atoms. The van der Waals surface area contributed by atoms with Gasteiger partial charge in [0.15, 0.2) is 25.8 Å². The fourth-order valence-electron chi connectivity index (χ4n) is 2.34. The van der Waals surface area contributed by atoms with E-state index in [0.717, 1.165) is 4.13 Å². The van der Waals surface area contributed by atoms with Gasteiger partial charge in [0.25, 0.3) is 20.0 Å². The average Bonchev–Trinajstić information content (AvgIpc) is 3.23. The van der Waals surface area contributed by atoms with Crippen LogP contribution in [-0.2, 0) is 58.5 Å². The second-order valence-corrected chi connectivity index (χ2v) is 19.0. The summed E-state index contributed by atoms with van der Waals surface area (Å²) in [5.41, 5.74) is -24.8. The largest absolute Gasteiger partial charge is 1.00 e. The van der Waals surface area contributed by atoms with Gasteiger partial charge < -0.3 is 7.75 Å². The number of carbonyl (C=O) groups excluding carboxylic acids is 1. The van der Waals surface area contributed by atoms with Crippen LogP contribution in [0.3, 0.4) is 0 Å². The van der Waals surface area contributed by atoms with Crippen molar-refractivity contribution in [3.8, 4) is 0 Å². The molecule has 0 N–H and O–H groups in total. The zero-order chi connectivity index (χ0) is 39.8. The van der Waals surface area contributed by atoms with Crippen molar-refractivity contribution < 1.29 is 147 Å². The summed E-state index contributed by atoms with van der Waals surface area (Å²) in [6, 6.07) is 0. The molecule has 0 saturated heterocycles. The Labute approximate surface area is 348 Å². The van der Waals surface area contributed by atoms with Crippen molar-refractivity contribution in [2.45, 2.75) is 59.1 Å². The van der Waals surface area contributed by atoms with Gasteiger partial charge in [-0.3, -0.25) is 4.79 Å². The van der Waals surface area contributed by atoms with Crippen molar-refractivity contribution in [2.24, 2.45) is 13.0 Å². The molecule has 1 atom stereocenters. The van der Waals surface area contributed by atoms with Crippen molar-refractivity contribution in [1.82, 2.24) is 8.19 Å². The summed E-state index contributed by atoms with van der Waals surface area (Å²) < 4.78 is 229. The molecule has 1 heterocycles. The molecule has 0 saturated carbocycles. The Kier molecular flexibility index (Phi) is 22.9. The Balaban J connectivity index is -0.000000677. The summed E-state index contributed by atoms with van der Waals surface area (Å²) in [6.45, 7) is 4.63. The van der Waals surface area contributed by atoms with Crippen molar-refractivity contribution in [1.29, 1.82) is 0 Å². The molecule has 290 valence electrons. The molecule has 0 fully saturated rings. The second kappa shape index (κ2) is 20.7. The Bertz CT molecular complexity index is 1600. The minimum Gasteiger partial charge on any atom is -0.421 e. The summed E-state index contributed by atoms with van der Waals surface area (Å²) in [5.74, 6) is 0.753. The van der Waals surface area contributed by atoms with E-state index < -0.39 is 69.6 Å². The fraction of sp³-hybridized carbons (Fsp3) is 0.765. The van der Waals surface area contributed by atoms with Crippen LogP contribution < -0.4 is 56.0 Å². The van der Waals surface area contributed by atoms with E-state index in [4.69, 9.17) is 0 Å². The SMILES string of the molecule is CC(C)CC(=O)Cn1cc[n+](C)c1.O=S(=O)(N([B-]C(I)CCI)S(=O)(=O)C(F)(F)F)C(F)(F)F.O=S(=O)([N-]S(=O)(=O)C(F)(F)F)C(F)(F)F.[K+]. The van der Waals surface area contributed by atoms with Crippen LogP contribution in [0.5, 0.6) is 0 Å². The fourth-order valence-corrected chi connectivity index (χ4v) is 9.54. The predicted octanol–water partition coefficient (Wildman–Crippen LogP) is 1.18. The summed E-state index contributed by atoms with van der Waals surface area (Å²) in [5, 5.41) is 0. The molecule has 0 aromatic carbocycles. The Morgan fingerprint density at radius 1 is 0.820 bits per heavy atom. The van der Waals surface area contributed by atoms with Gasteiger partial charge >= 0.3 is 73.4 Å². The first-order chi connectivity index (χ1) is 21.4. The zero-order valence-electron chi connectivity index (χ0n) is 25.2. The Hall–Kier alpha value is 0.921. The van der Waals surface area contributed by atoms with Gasteiger partial charge in [0.05, 0.1) is 7.05 Å². The van der Waals surface area contributed by atoms with Crippen LogP contribution in [0.25, 0.3) is 4.13 Å². The quantitative estimate of drug-likeness (QED) is 0.0978. The number of hydrogen-bond donors (Lipinski definition) is 0. The summed E-state index contributed by atoms with van der Waals surface area (Å²) >= 11 is 3.06. The van der Waals surface area contributed by atoms with E-state index in [2.05, 4.69) is 13.8 Å². The van der Waals surface area contributed by atoms with Crippen molar-refractivity contribution >= 4 is 98.5 Å². The molecule has 0 aliphatic rings. The number of Topliss-reactive ketones (excluding diaryl/α,β-unsaturated/α-hetero) is 1. The molecule has 0 spiro atoms. The molecule has 1 unspecified atom stereocenters. The minimum absolute atomic E-state index is 0. The molecule has 13 nitrogen and oxygen atoms in total. The predicted molar refractivity (Wildman–Crippen MR) is 162 cm³/mol. The number of carbonyl (C=O) groups is 1. The number of nitrogens with zero attached hydrogens (tertiary/aromatic N) is 4. The number of hydrogen-bond acceptors (Lipinski definition) is 9. The normalized spacial score (nSPS) is 14.2. The number of halogens is 14. The van der Waals surface area contributed by atoms with E-state index in [0.29, 0.717) is 24.7 Å². The monoisotopic (exact) mass is 1090 g/mol. The maximum absolute atomic E-state index is 12.4. The van der Waals surface area contributed by atoms with E-state index in [1.165, 1.54) is 22.6 Å². The van der Waals surface area contributed by atoms with E-state index in [1.54, 1.807) is 22.6 Å². The average molecular weight is 1090 g/mol. The molecule has 1 rings (SSSR count). The number of aryl methyl sites for hydroxylation is 1. The van der Waals surface area contributed by atoms with Crippen molar-refractivity contribution in [2.75, 3.05) is 4.43 Å². The molecule has 1 aromatic heterocycles. The van der Waals surface area contributed by atoms with Gasteiger partial charge in [-0.25, -0.2) is 42.8 Å². The topological polar surface area (TPSA) is 180 Å². The Morgan fingerprint density at radius 2 is 1.20 bits per heavy atom. The number of imidazole rings is 1. The van der Waals surface area contributed by atoms with Gasteiger partial charge in [0.1, 0.15) is 18.9 Å². The third-order valence-corrected chi connectivity index (χ3v) is 12.2. The van der Waals surface area contributed by atoms with Crippen molar-refractivity contribution in [3.63, 3.8) is 0 Å². The molecule has 1 aromatic rings. The summed E-state index contributed by atoms with van der Waals surface area (Å²) in [4.78, 5) is 11.4. The van der Waals surface area contributed by atoms with Gasteiger partial charge in [0.2, 0.25) is 6.33 Å². The maximum atomic E-state index is 12.4.